The molecule has 120 valence electrons. The molecule has 6 heteroatoms. The van der Waals surface area contributed by atoms with Gasteiger partial charge in [-0.05, 0) is 56.1 Å². The van der Waals surface area contributed by atoms with Gasteiger partial charge in [-0.25, -0.2) is 4.98 Å². The van der Waals surface area contributed by atoms with Crippen LogP contribution in [0.25, 0.3) is 0 Å². The third-order valence-corrected chi connectivity index (χ3v) is 5.37. The highest BCUT2D eigenvalue weighted by Crippen LogP contribution is 2.28. The molecule has 3 fully saturated rings. The van der Waals surface area contributed by atoms with Gasteiger partial charge in [-0.2, -0.15) is 0 Å². The number of ether oxygens (including phenoxy) is 1. The minimum Gasteiger partial charge on any atom is -0.445 e. The van der Waals surface area contributed by atoms with Crippen LogP contribution in [0.15, 0.2) is 36.0 Å². The van der Waals surface area contributed by atoms with Crippen molar-refractivity contribution >= 4 is 17.2 Å². The number of hydrogen-bond acceptors (Lipinski definition) is 5. The molecule has 0 radical (unpaired) electrons. The number of piperidine rings is 3. The first-order valence-corrected chi connectivity index (χ1v) is 8.85. The van der Waals surface area contributed by atoms with Gasteiger partial charge in [0.15, 0.2) is 0 Å². The number of carbonyl (C=O) groups is 1. The van der Waals surface area contributed by atoms with Crippen LogP contribution in [0.3, 0.4) is 0 Å². The van der Waals surface area contributed by atoms with Crippen molar-refractivity contribution < 1.29 is 9.53 Å². The Balaban J connectivity index is 1.38. The zero-order chi connectivity index (χ0) is 15.6. The van der Waals surface area contributed by atoms with E-state index >= 15 is 0 Å². The summed E-state index contributed by atoms with van der Waals surface area (Å²) in [7, 11) is 0. The van der Waals surface area contributed by atoms with Gasteiger partial charge in [0.25, 0.3) is 5.91 Å². The minimum atomic E-state index is 0.00749. The second-order valence-corrected chi connectivity index (χ2v) is 7.01. The van der Waals surface area contributed by atoms with Crippen molar-refractivity contribution in [3.63, 3.8) is 0 Å². The van der Waals surface area contributed by atoms with Gasteiger partial charge in [0.1, 0.15) is 5.75 Å². The number of nitrogens with zero attached hydrogens (tertiary/aromatic N) is 2. The SMILES string of the molecule is O=C(NC1CN2CCC1CC2)c1ccc(Oc2cncs2)cc1. The van der Waals surface area contributed by atoms with Crippen LogP contribution in [-0.2, 0) is 0 Å². The van der Waals surface area contributed by atoms with E-state index in [4.69, 9.17) is 4.74 Å². The van der Waals surface area contributed by atoms with Gasteiger partial charge in [-0.3, -0.25) is 4.79 Å². The largest absolute Gasteiger partial charge is 0.445 e. The van der Waals surface area contributed by atoms with Crippen molar-refractivity contribution in [2.24, 2.45) is 5.92 Å². The minimum absolute atomic E-state index is 0.00749. The maximum absolute atomic E-state index is 12.4. The van der Waals surface area contributed by atoms with E-state index in [-0.39, 0.29) is 11.9 Å². The van der Waals surface area contributed by atoms with Crippen LogP contribution in [0.5, 0.6) is 10.8 Å². The van der Waals surface area contributed by atoms with Crippen LogP contribution in [-0.4, -0.2) is 41.5 Å². The van der Waals surface area contributed by atoms with E-state index in [0.29, 0.717) is 17.2 Å². The molecule has 1 amide bonds. The lowest BCUT2D eigenvalue weighted by atomic mass is 9.84. The molecule has 2 aromatic rings. The Bertz CT molecular complexity index is 664. The highest BCUT2D eigenvalue weighted by molar-refractivity contribution is 7.11. The number of benzene rings is 1. The zero-order valence-corrected chi connectivity index (χ0v) is 13.6. The molecule has 0 saturated carbocycles. The topological polar surface area (TPSA) is 54.5 Å². The second kappa shape index (κ2) is 6.29. The molecule has 0 aliphatic carbocycles. The highest BCUT2D eigenvalue weighted by atomic mass is 32.1. The van der Waals surface area contributed by atoms with Crippen LogP contribution < -0.4 is 10.1 Å². The molecular weight excluding hydrogens is 310 g/mol. The fourth-order valence-electron chi connectivity index (χ4n) is 3.43. The Kier molecular flexibility index (Phi) is 4.01. The quantitative estimate of drug-likeness (QED) is 0.937. The number of aromatic nitrogens is 1. The molecule has 1 aromatic heterocycles. The third kappa shape index (κ3) is 3.23. The Morgan fingerprint density at radius 3 is 2.65 bits per heavy atom. The van der Waals surface area contributed by atoms with Gasteiger partial charge in [-0.1, -0.05) is 11.3 Å². The number of amides is 1. The molecule has 1 aromatic carbocycles. The average molecular weight is 329 g/mol. The smallest absolute Gasteiger partial charge is 0.251 e. The Labute approximate surface area is 139 Å². The van der Waals surface area contributed by atoms with Gasteiger partial charge in [-0.15, -0.1) is 0 Å². The number of nitrogens with one attached hydrogen (secondary N) is 1. The predicted molar refractivity (Wildman–Crippen MR) is 89.0 cm³/mol. The van der Waals surface area contributed by atoms with Crippen LogP contribution >= 0.6 is 11.3 Å². The van der Waals surface area contributed by atoms with E-state index in [1.165, 1.54) is 37.3 Å². The third-order valence-electron chi connectivity index (χ3n) is 4.72. The van der Waals surface area contributed by atoms with Crippen LogP contribution in [0.4, 0.5) is 0 Å². The lowest BCUT2D eigenvalue weighted by Gasteiger charge is -2.44. The number of fused-ring (bicyclic) bond motifs is 3. The summed E-state index contributed by atoms with van der Waals surface area (Å²) >= 11 is 1.44. The Morgan fingerprint density at radius 1 is 1.26 bits per heavy atom. The van der Waals surface area contributed by atoms with Crippen molar-refractivity contribution in [1.82, 2.24) is 15.2 Å². The van der Waals surface area contributed by atoms with Crippen LogP contribution in [0, 0.1) is 5.92 Å². The molecule has 4 heterocycles. The summed E-state index contributed by atoms with van der Waals surface area (Å²) in [6.07, 6.45) is 4.08. The second-order valence-electron chi connectivity index (χ2n) is 6.16. The number of rotatable bonds is 4. The van der Waals surface area contributed by atoms with Crippen molar-refractivity contribution in [3.05, 3.63) is 41.5 Å². The van der Waals surface area contributed by atoms with E-state index in [1.54, 1.807) is 11.7 Å². The molecule has 3 aliphatic heterocycles. The summed E-state index contributed by atoms with van der Waals surface area (Å²) in [5, 5.41) is 3.95. The summed E-state index contributed by atoms with van der Waals surface area (Å²) in [5.41, 5.74) is 2.41. The normalized spacial score (nSPS) is 26.0. The Hall–Kier alpha value is -1.92. The first-order valence-electron chi connectivity index (χ1n) is 7.97. The molecular formula is C17H19N3O2S. The lowest BCUT2D eigenvalue weighted by molar-refractivity contribution is 0.0620. The van der Waals surface area contributed by atoms with E-state index < -0.39 is 0 Å². The number of hydrogen-bond donors (Lipinski definition) is 1. The van der Waals surface area contributed by atoms with Gasteiger partial charge in [0, 0.05) is 18.2 Å². The summed E-state index contributed by atoms with van der Waals surface area (Å²) in [4.78, 5) is 18.9. The molecule has 3 aliphatic rings. The summed E-state index contributed by atoms with van der Waals surface area (Å²) in [6.45, 7) is 3.35. The maximum atomic E-state index is 12.4. The molecule has 5 rings (SSSR count). The maximum Gasteiger partial charge on any atom is 0.251 e. The molecule has 5 nitrogen and oxygen atoms in total. The number of thiazole rings is 1. The average Bonchev–Trinajstić information content (AvgIpc) is 3.09. The highest BCUT2D eigenvalue weighted by Gasteiger charge is 2.34. The monoisotopic (exact) mass is 329 g/mol. The van der Waals surface area contributed by atoms with Crippen molar-refractivity contribution in [2.45, 2.75) is 18.9 Å². The van der Waals surface area contributed by atoms with Crippen LogP contribution in [0.1, 0.15) is 23.2 Å². The predicted octanol–water partition coefficient (Wildman–Crippen LogP) is 2.76. The van der Waals surface area contributed by atoms with E-state index in [0.717, 1.165) is 11.6 Å². The van der Waals surface area contributed by atoms with Crippen molar-refractivity contribution in [1.29, 1.82) is 0 Å². The summed E-state index contributed by atoms with van der Waals surface area (Å²) < 4.78 is 5.66. The summed E-state index contributed by atoms with van der Waals surface area (Å²) in [5.74, 6) is 1.36. The lowest BCUT2D eigenvalue weighted by Crippen LogP contribution is -2.57. The Morgan fingerprint density at radius 2 is 2.04 bits per heavy atom. The number of carbonyl (C=O) groups excluding carboxylic acids is 1. The van der Waals surface area contributed by atoms with Crippen molar-refractivity contribution in [2.75, 3.05) is 19.6 Å². The molecule has 1 N–H and O–H groups in total. The van der Waals surface area contributed by atoms with Gasteiger partial charge in [0.2, 0.25) is 5.06 Å². The molecule has 0 spiro atoms. The van der Waals surface area contributed by atoms with Gasteiger partial charge < -0.3 is 15.0 Å². The van der Waals surface area contributed by atoms with Crippen LogP contribution in [0.2, 0.25) is 0 Å². The fourth-order valence-corrected chi connectivity index (χ4v) is 3.92. The van der Waals surface area contributed by atoms with E-state index in [9.17, 15) is 4.79 Å². The first kappa shape index (κ1) is 14.7. The molecule has 1 unspecified atom stereocenters. The molecule has 1 atom stereocenters. The zero-order valence-electron chi connectivity index (χ0n) is 12.8. The fraction of sp³-hybridized carbons (Fsp3) is 0.412. The van der Waals surface area contributed by atoms with Gasteiger partial charge >= 0.3 is 0 Å². The summed E-state index contributed by atoms with van der Waals surface area (Å²) in [6, 6.07) is 7.56. The molecule has 23 heavy (non-hydrogen) atoms. The van der Waals surface area contributed by atoms with Crippen molar-refractivity contribution in [3.8, 4) is 10.8 Å². The van der Waals surface area contributed by atoms with E-state index in [2.05, 4.69) is 15.2 Å². The molecule has 3 saturated heterocycles. The van der Waals surface area contributed by atoms with E-state index in [1.807, 2.05) is 24.3 Å². The first-order chi connectivity index (χ1) is 11.3. The van der Waals surface area contributed by atoms with Gasteiger partial charge in [0.05, 0.1) is 11.7 Å². The molecule has 2 bridgehead atoms. The standard InChI is InChI=1S/C17H19N3O2S/c21-17(19-15-10-20-7-5-12(15)6-8-20)13-1-3-14(4-2-13)22-16-9-18-11-23-16/h1-4,9,11-12,15H,5-8,10H2,(H,19,21).